The van der Waals surface area contributed by atoms with Crippen molar-refractivity contribution in [1.82, 2.24) is 4.98 Å². The number of benzene rings is 2. The summed E-state index contributed by atoms with van der Waals surface area (Å²) >= 11 is 0. The number of aliphatic hydroxyl groups is 2. The Hall–Kier alpha value is -6.71. The van der Waals surface area contributed by atoms with Gasteiger partial charge in [-0.15, -0.1) is 25.7 Å². The Kier molecular flexibility index (Phi) is 26.9. The normalized spacial score (nSPS) is 15.6. The molecule has 2 unspecified atom stereocenters. The Morgan fingerprint density at radius 3 is 1.86 bits per heavy atom. The number of ketones is 2. The van der Waals surface area contributed by atoms with Gasteiger partial charge in [-0.1, -0.05) is 35.1 Å². The Morgan fingerprint density at radius 2 is 1.38 bits per heavy atom. The number of pyridine rings is 1. The average molecular weight is 1040 g/mol. The van der Waals surface area contributed by atoms with Gasteiger partial charge in [-0.25, -0.2) is 14.6 Å². The number of anilines is 2. The number of methoxy groups -OCH3 is 2. The maximum absolute atomic E-state index is 13.9. The van der Waals surface area contributed by atoms with E-state index in [1.165, 1.54) is 54.1 Å². The first-order chi connectivity index (χ1) is 34.5. The van der Waals surface area contributed by atoms with Crippen LogP contribution in [0.5, 0.6) is 23.0 Å². The predicted molar refractivity (Wildman–Crippen MR) is 280 cm³/mol. The number of Topliss-reactive ketones (excluding diaryl/α,β-unsaturated/α-hetero) is 2. The van der Waals surface area contributed by atoms with Crippen LogP contribution in [0, 0.1) is 53.6 Å². The largest absolute Gasteiger partial charge is 0.493 e. The van der Waals surface area contributed by atoms with Crippen molar-refractivity contribution in [1.29, 1.82) is 0 Å². The molecular weight excluding hydrogens is 969 g/mol. The van der Waals surface area contributed by atoms with Crippen molar-refractivity contribution in [2.24, 2.45) is 17.8 Å². The molecule has 2 aromatic carbocycles. The minimum Gasteiger partial charge on any atom is -0.493 e. The first kappa shape index (κ1) is 61.4. The Labute approximate surface area is 429 Å². The van der Waals surface area contributed by atoms with Gasteiger partial charge < -0.3 is 38.6 Å². The maximum Gasteiger partial charge on any atom is 0.412 e. The van der Waals surface area contributed by atoms with Crippen LogP contribution in [0.2, 0.25) is 0 Å². The third-order valence-electron chi connectivity index (χ3n) is 10.7. The van der Waals surface area contributed by atoms with Crippen molar-refractivity contribution >= 4 is 62.4 Å². The summed E-state index contributed by atoms with van der Waals surface area (Å²) < 4.78 is 34.4. The topological polar surface area (TPSA) is 244 Å². The molecule has 390 valence electrons. The van der Waals surface area contributed by atoms with Crippen LogP contribution in [0.15, 0.2) is 71.9 Å². The van der Waals surface area contributed by atoms with Crippen LogP contribution < -0.4 is 29.6 Å². The number of hydrogen-bond donors (Lipinski definition) is 4. The van der Waals surface area contributed by atoms with E-state index in [1.807, 2.05) is 0 Å². The molecule has 3 aromatic rings. The number of carbonyl (C=O) groups is 4. The summed E-state index contributed by atoms with van der Waals surface area (Å²) in [5.74, 6) is 0.127. The number of nitrogens with zero attached hydrogens (tertiary/aromatic N) is 2. The van der Waals surface area contributed by atoms with E-state index in [-0.39, 0.29) is 78.0 Å². The number of nitrogens with one attached hydrogen (secondary N) is 2. The zero-order valence-corrected chi connectivity index (χ0v) is 43.3. The molecule has 0 bridgehead atoms. The molecular formula is C52H66N4O14S2. The lowest BCUT2D eigenvalue weighted by Crippen LogP contribution is -2.28. The summed E-state index contributed by atoms with van der Waals surface area (Å²) in [5.41, 5.74) is 1.85. The molecule has 0 aliphatic heterocycles. The predicted octanol–water partition coefficient (Wildman–Crippen LogP) is 10.4. The van der Waals surface area contributed by atoms with Crippen molar-refractivity contribution in [3.05, 3.63) is 88.1 Å². The van der Waals surface area contributed by atoms with E-state index in [0.717, 1.165) is 24.7 Å². The summed E-state index contributed by atoms with van der Waals surface area (Å²) in [6, 6.07) is 9.11. The van der Waals surface area contributed by atoms with Gasteiger partial charge in [0, 0.05) is 60.6 Å². The maximum atomic E-state index is 13.9. The van der Waals surface area contributed by atoms with E-state index in [4.69, 9.17) is 33.5 Å². The van der Waals surface area contributed by atoms with Crippen molar-refractivity contribution in [2.45, 2.75) is 82.8 Å². The van der Waals surface area contributed by atoms with Crippen molar-refractivity contribution < 1.29 is 62.7 Å². The molecule has 2 saturated carbocycles. The van der Waals surface area contributed by atoms with E-state index in [2.05, 4.69) is 54.5 Å². The summed E-state index contributed by atoms with van der Waals surface area (Å²) in [4.78, 5) is 68.0. The van der Waals surface area contributed by atoms with E-state index in [0.29, 0.717) is 78.7 Å². The lowest BCUT2D eigenvalue weighted by atomic mass is 9.88. The fraction of sp³-hybridized carbons (Fsp3) is 0.442. The zero-order valence-electron chi connectivity index (χ0n) is 41.7. The van der Waals surface area contributed by atoms with Gasteiger partial charge in [-0.3, -0.25) is 30.3 Å². The summed E-state index contributed by atoms with van der Waals surface area (Å²) in [5, 5.41) is 33.9. The van der Waals surface area contributed by atoms with Crippen molar-refractivity contribution in [3.8, 4) is 48.7 Å². The second kappa shape index (κ2) is 31.6. The molecule has 2 aliphatic carbocycles. The van der Waals surface area contributed by atoms with Crippen LogP contribution in [0.4, 0.5) is 26.7 Å². The number of aliphatic hydroxyl groups excluding tert-OH is 2. The number of aromatic nitrogens is 1. The number of terminal acetylenes is 2. The average Bonchev–Trinajstić information content (AvgIpc) is 3.99. The molecule has 4 N–H and O–H groups in total. The number of unbranched alkanes of at least 4 members (excludes halogenated alkanes) is 2. The fourth-order valence-corrected chi connectivity index (χ4v) is 9.22. The Morgan fingerprint density at radius 1 is 0.806 bits per heavy atom. The van der Waals surface area contributed by atoms with Gasteiger partial charge in [0.2, 0.25) is 0 Å². The van der Waals surface area contributed by atoms with Crippen LogP contribution in [-0.2, 0) is 9.47 Å². The molecule has 72 heavy (non-hydrogen) atoms. The van der Waals surface area contributed by atoms with E-state index in [1.54, 1.807) is 45.0 Å². The van der Waals surface area contributed by atoms with Crippen molar-refractivity contribution in [3.63, 3.8) is 0 Å². The summed E-state index contributed by atoms with van der Waals surface area (Å²) in [7, 11) is 6.57. The Bertz CT molecular complexity index is 2360. The van der Waals surface area contributed by atoms with Gasteiger partial charge in [-0.2, -0.15) is 0 Å². The van der Waals surface area contributed by atoms with E-state index in [9.17, 15) is 34.4 Å². The van der Waals surface area contributed by atoms with Crippen LogP contribution >= 0.6 is 21.6 Å². The molecule has 0 radical (unpaired) electrons. The minimum atomic E-state index is -0.790. The lowest BCUT2D eigenvalue weighted by Gasteiger charge is -2.23. The third-order valence-corrected chi connectivity index (χ3v) is 13.0. The SMILES string of the molecule is C#C.C#C.C=C1CCC(C(=O)c2cc(OC)c(OCCCCCOc3cc(NC(=O)OC(C)(C)C)c(C(=O)C4CC(=C)C[C@H]4CO)cc3OC)cc2NC(=O)OCCSSc2ccc([N+](=O)[O-])cn2)C1.CO. The second-order valence-corrected chi connectivity index (χ2v) is 19.3. The number of rotatable bonds is 23. The first-order valence-corrected chi connectivity index (χ1v) is 25.0. The van der Waals surface area contributed by atoms with Gasteiger partial charge in [0.1, 0.15) is 23.4 Å². The molecule has 2 aliphatic rings. The van der Waals surface area contributed by atoms with Gasteiger partial charge >= 0.3 is 12.2 Å². The van der Waals surface area contributed by atoms with Gasteiger partial charge in [0.15, 0.2) is 34.6 Å². The number of amides is 2. The molecule has 5 rings (SSSR count). The molecule has 0 spiro atoms. The number of carbonyl (C=O) groups excluding carboxylic acids is 4. The highest BCUT2D eigenvalue weighted by Gasteiger charge is 2.37. The molecule has 1 heterocycles. The highest BCUT2D eigenvalue weighted by Crippen LogP contribution is 2.42. The Balaban J connectivity index is 0.00000285. The van der Waals surface area contributed by atoms with Crippen LogP contribution in [-0.4, -0.2) is 103 Å². The number of ether oxygens (including phenoxy) is 6. The molecule has 20 heteroatoms. The molecule has 2 fully saturated rings. The van der Waals surface area contributed by atoms with Crippen molar-refractivity contribution in [2.75, 3.05) is 64.1 Å². The molecule has 0 saturated heterocycles. The quantitative estimate of drug-likeness (QED) is 0.0131. The van der Waals surface area contributed by atoms with Crippen LogP contribution in [0.3, 0.4) is 0 Å². The summed E-state index contributed by atoms with van der Waals surface area (Å²) in [6.07, 6.45) is 20.4. The highest BCUT2D eigenvalue weighted by atomic mass is 33.1. The molecule has 1 aromatic heterocycles. The molecule has 3 atom stereocenters. The van der Waals surface area contributed by atoms with Crippen LogP contribution in [0.1, 0.15) is 92.9 Å². The zero-order chi connectivity index (χ0) is 54.0. The van der Waals surface area contributed by atoms with E-state index < -0.39 is 28.6 Å². The third kappa shape index (κ3) is 19.1. The minimum absolute atomic E-state index is 0.0381. The highest BCUT2D eigenvalue weighted by molar-refractivity contribution is 8.76. The number of allylic oxidation sites excluding steroid dienone is 2. The van der Waals surface area contributed by atoms with Gasteiger partial charge in [0.25, 0.3) is 5.69 Å². The van der Waals surface area contributed by atoms with Crippen LogP contribution in [0.25, 0.3) is 0 Å². The number of nitro groups is 1. The monoisotopic (exact) mass is 1030 g/mol. The van der Waals surface area contributed by atoms with Gasteiger partial charge in [-0.05, 0) is 107 Å². The molecule has 2 amide bonds. The number of hydrogen-bond acceptors (Lipinski definition) is 17. The standard InChI is InChI=1S/C47H58N4O13S2.2C2H2.CH4O/c1-28-11-12-30(19-28)43(53)34-22-38(59-6)40(24-36(34)49-45(55)63-17-18-65-66-42-14-13-32(26-48-42)51(57)58)61-15-9-8-10-16-62-41-25-37(50-46(56)64-47(3,4)5)35(23-39(41)60-7)44(54)33-21-29(2)20-31(33)27-52;3*1-2/h13-14,22-26,30-31,33,52H,1-2,8-12,15-21,27H2,3-7H3,(H,49,55)(H,50,56);2*1-2H;2H,1H3/t30?,31-,33?;;;/m0.../s1. The summed E-state index contributed by atoms with van der Waals surface area (Å²) in [6.45, 7) is 13.7. The smallest absolute Gasteiger partial charge is 0.412 e. The second-order valence-electron chi connectivity index (χ2n) is 16.9. The van der Waals surface area contributed by atoms with Gasteiger partial charge in [0.05, 0.1) is 43.7 Å². The first-order valence-electron chi connectivity index (χ1n) is 22.7. The molecule has 18 nitrogen and oxygen atoms in total. The van der Waals surface area contributed by atoms with E-state index >= 15 is 0 Å². The lowest BCUT2D eigenvalue weighted by molar-refractivity contribution is -0.385. The fourth-order valence-electron chi connectivity index (χ4n) is 7.53.